The van der Waals surface area contributed by atoms with Gasteiger partial charge in [-0.2, -0.15) is 4.72 Å². The van der Waals surface area contributed by atoms with Gasteiger partial charge in [-0.05, 0) is 19.1 Å². The molecule has 2 N–H and O–H groups in total. The summed E-state index contributed by atoms with van der Waals surface area (Å²) >= 11 is 0. The summed E-state index contributed by atoms with van der Waals surface area (Å²) in [5.74, 6) is -1.49. The van der Waals surface area contributed by atoms with E-state index in [0.29, 0.717) is 0 Å². The zero-order valence-electron chi connectivity index (χ0n) is 9.27. The summed E-state index contributed by atoms with van der Waals surface area (Å²) in [6.45, 7) is 1.34. The lowest BCUT2D eigenvalue weighted by molar-refractivity contribution is -0.121. The number of hydrogen-bond acceptors (Lipinski definition) is 4. The van der Waals surface area contributed by atoms with Gasteiger partial charge in [-0.3, -0.25) is 4.79 Å². The Kier molecular flexibility index (Phi) is 4.13. The van der Waals surface area contributed by atoms with E-state index in [9.17, 15) is 17.6 Å². The average molecular weight is 261 g/mol. The highest BCUT2D eigenvalue weighted by molar-refractivity contribution is 7.89. The van der Waals surface area contributed by atoms with Gasteiger partial charge in [-0.15, -0.1) is 0 Å². The van der Waals surface area contributed by atoms with Crippen molar-refractivity contribution in [2.24, 2.45) is 0 Å². The Labute approximate surface area is 98.3 Å². The molecule has 1 aromatic rings. The van der Waals surface area contributed by atoms with Crippen LogP contribution in [0.4, 0.5) is 4.39 Å². The van der Waals surface area contributed by atoms with Crippen LogP contribution >= 0.6 is 0 Å². The van der Waals surface area contributed by atoms with Crippen LogP contribution in [0.25, 0.3) is 0 Å². The van der Waals surface area contributed by atoms with E-state index in [4.69, 9.17) is 0 Å². The van der Waals surface area contributed by atoms with E-state index in [-0.39, 0.29) is 0 Å². The first-order valence-corrected chi connectivity index (χ1v) is 6.21. The number of likely N-dealkylation sites (N-methyl/N-ethyl adjacent to an activating group) is 1. The molecule has 0 fully saturated rings. The third-order valence-corrected chi connectivity index (χ3v) is 3.42. The summed E-state index contributed by atoms with van der Waals surface area (Å²) in [7, 11) is -2.77. The van der Waals surface area contributed by atoms with Crippen LogP contribution in [0.5, 0.6) is 0 Å². The van der Waals surface area contributed by atoms with Gasteiger partial charge in [-0.25, -0.2) is 17.8 Å². The van der Waals surface area contributed by atoms with Gasteiger partial charge in [0.1, 0.15) is 0 Å². The fourth-order valence-corrected chi connectivity index (χ4v) is 2.34. The van der Waals surface area contributed by atoms with Crippen molar-refractivity contribution in [3.8, 4) is 0 Å². The molecule has 1 aromatic heterocycles. The predicted octanol–water partition coefficient (Wildman–Crippen LogP) is -0.367. The molecule has 0 aromatic carbocycles. The van der Waals surface area contributed by atoms with Gasteiger partial charge in [0.25, 0.3) is 10.0 Å². The van der Waals surface area contributed by atoms with E-state index in [1.807, 2.05) is 4.72 Å². The van der Waals surface area contributed by atoms with E-state index in [1.165, 1.54) is 20.0 Å². The Morgan fingerprint density at radius 1 is 1.53 bits per heavy atom. The van der Waals surface area contributed by atoms with Crippen molar-refractivity contribution in [2.75, 3.05) is 7.05 Å². The van der Waals surface area contributed by atoms with Crippen LogP contribution in [0.2, 0.25) is 0 Å². The molecule has 8 heteroatoms. The number of carbonyl (C=O) groups excluding carboxylic acids is 1. The van der Waals surface area contributed by atoms with Crippen LogP contribution in [0.1, 0.15) is 6.92 Å². The molecule has 17 heavy (non-hydrogen) atoms. The van der Waals surface area contributed by atoms with Crippen LogP contribution in [-0.4, -0.2) is 32.4 Å². The molecular weight excluding hydrogens is 249 g/mol. The molecule has 1 amide bonds. The van der Waals surface area contributed by atoms with Crippen molar-refractivity contribution in [3.05, 3.63) is 24.1 Å². The summed E-state index contributed by atoms with van der Waals surface area (Å²) in [5.41, 5.74) is 0. The normalized spacial score (nSPS) is 13.1. The second kappa shape index (κ2) is 5.19. The first-order chi connectivity index (χ1) is 7.88. The molecule has 0 aliphatic heterocycles. The third kappa shape index (κ3) is 3.21. The van der Waals surface area contributed by atoms with Crippen molar-refractivity contribution < 1.29 is 17.6 Å². The molecule has 1 heterocycles. The van der Waals surface area contributed by atoms with Gasteiger partial charge in [0.05, 0.1) is 6.04 Å². The Bertz CT molecular complexity index is 518. The number of halogens is 1. The van der Waals surface area contributed by atoms with E-state index in [2.05, 4.69) is 10.3 Å². The molecule has 1 unspecified atom stereocenters. The quantitative estimate of drug-likeness (QED) is 0.774. The van der Waals surface area contributed by atoms with E-state index in [0.717, 1.165) is 12.3 Å². The zero-order chi connectivity index (χ0) is 13.1. The van der Waals surface area contributed by atoms with Crippen molar-refractivity contribution >= 4 is 15.9 Å². The van der Waals surface area contributed by atoms with E-state index in [1.54, 1.807) is 0 Å². The lowest BCUT2D eigenvalue weighted by Gasteiger charge is -2.12. The Hall–Kier alpha value is -1.54. The highest BCUT2D eigenvalue weighted by Crippen LogP contribution is 2.10. The average Bonchev–Trinajstić information content (AvgIpc) is 2.27. The third-order valence-electron chi connectivity index (χ3n) is 1.95. The lowest BCUT2D eigenvalue weighted by atomic mass is 10.3. The predicted molar refractivity (Wildman–Crippen MR) is 58.0 cm³/mol. The highest BCUT2D eigenvalue weighted by atomic mass is 32.2. The molecule has 0 aliphatic rings. The van der Waals surface area contributed by atoms with Crippen LogP contribution in [0.3, 0.4) is 0 Å². The lowest BCUT2D eigenvalue weighted by Crippen LogP contribution is -2.43. The molecule has 0 spiro atoms. The smallest absolute Gasteiger partial charge is 0.261 e. The summed E-state index contributed by atoms with van der Waals surface area (Å²) in [4.78, 5) is 14.6. The van der Waals surface area contributed by atoms with Crippen LogP contribution in [0, 0.1) is 5.82 Å². The summed E-state index contributed by atoms with van der Waals surface area (Å²) in [6.07, 6.45) is 1.15. The largest absolute Gasteiger partial charge is 0.358 e. The van der Waals surface area contributed by atoms with Crippen LogP contribution in [0.15, 0.2) is 23.4 Å². The molecule has 6 nitrogen and oxygen atoms in total. The van der Waals surface area contributed by atoms with Crippen molar-refractivity contribution in [2.45, 2.75) is 18.0 Å². The van der Waals surface area contributed by atoms with Crippen molar-refractivity contribution in [1.82, 2.24) is 15.0 Å². The van der Waals surface area contributed by atoms with Gasteiger partial charge in [0.15, 0.2) is 5.82 Å². The fourth-order valence-electron chi connectivity index (χ4n) is 1.13. The number of pyridine rings is 1. The van der Waals surface area contributed by atoms with Gasteiger partial charge < -0.3 is 5.32 Å². The maximum Gasteiger partial charge on any atom is 0.261 e. The van der Waals surface area contributed by atoms with Gasteiger partial charge >= 0.3 is 0 Å². The number of aromatic nitrogens is 1. The maximum atomic E-state index is 13.2. The highest BCUT2D eigenvalue weighted by Gasteiger charge is 2.25. The van der Waals surface area contributed by atoms with E-state index < -0.39 is 32.8 Å². The molecule has 0 bridgehead atoms. The number of carbonyl (C=O) groups is 1. The van der Waals surface area contributed by atoms with E-state index >= 15 is 0 Å². The van der Waals surface area contributed by atoms with Crippen molar-refractivity contribution in [3.63, 3.8) is 0 Å². The Balaban J connectivity index is 2.98. The molecule has 0 aliphatic carbocycles. The maximum absolute atomic E-state index is 13.2. The second-order valence-corrected chi connectivity index (χ2v) is 4.88. The zero-order valence-corrected chi connectivity index (χ0v) is 10.1. The van der Waals surface area contributed by atoms with Crippen LogP contribution < -0.4 is 10.0 Å². The molecule has 0 saturated heterocycles. The summed E-state index contributed by atoms with van der Waals surface area (Å²) in [6, 6.07) is 1.24. The summed E-state index contributed by atoms with van der Waals surface area (Å²) in [5, 5.41) is 1.55. The minimum absolute atomic E-state index is 0.523. The summed E-state index contributed by atoms with van der Waals surface area (Å²) < 4.78 is 38.6. The monoisotopic (exact) mass is 261 g/mol. The first-order valence-electron chi connectivity index (χ1n) is 4.73. The Morgan fingerprint density at radius 3 is 2.71 bits per heavy atom. The number of sulfonamides is 1. The van der Waals surface area contributed by atoms with Gasteiger partial charge in [0.2, 0.25) is 10.9 Å². The van der Waals surface area contributed by atoms with Gasteiger partial charge in [0, 0.05) is 13.2 Å². The Morgan fingerprint density at radius 2 is 2.18 bits per heavy atom. The molecule has 0 radical (unpaired) electrons. The number of nitrogens with zero attached hydrogens (tertiary/aromatic N) is 1. The number of nitrogens with one attached hydrogen (secondary N) is 2. The molecular formula is C9H12FN3O3S. The molecule has 1 atom stereocenters. The molecule has 1 rings (SSSR count). The number of rotatable bonds is 4. The van der Waals surface area contributed by atoms with Crippen LogP contribution in [-0.2, 0) is 14.8 Å². The fraction of sp³-hybridized carbons (Fsp3) is 0.333. The number of amides is 1. The molecule has 94 valence electrons. The minimum atomic E-state index is -4.14. The SMILES string of the molecule is CNC(=O)C(C)NS(=O)(=O)c1ncccc1F. The second-order valence-electron chi connectivity index (χ2n) is 3.25. The first kappa shape index (κ1) is 13.5. The van der Waals surface area contributed by atoms with Crippen molar-refractivity contribution in [1.29, 1.82) is 0 Å². The number of hydrogen-bond donors (Lipinski definition) is 2. The minimum Gasteiger partial charge on any atom is -0.358 e. The standard InChI is InChI=1S/C9H12FN3O3S/c1-6(8(14)11-2)13-17(15,16)9-7(10)4-3-5-12-9/h3-6,13H,1-2H3,(H,11,14). The molecule has 0 saturated carbocycles. The topological polar surface area (TPSA) is 88.2 Å². The van der Waals surface area contributed by atoms with Gasteiger partial charge in [-0.1, -0.05) is 0 Å².